The fourth-order valence-electron chi connectivity index (χ4n) is 1.64. The second-order valence-electron chi connectivity index (χ2n) is 4.10. The first kappa shape index (κ1) is 16.2. The normalized spacial score (nSPS) is 11.4. The first-order valence-electron chi connectivity index (χ1n) is 5.68. The number of para-hydroxylation sites is 1. The highest BCUT2D eigenvalue weighted by atomic mass is 35.5. The second-order valence-corrected chi connectivity index (χ2v) is 4.49. The number of amides is 1. The number of hydrogen-bond donors (Lipinski definition) is 1. The van der Waals surface area contributed by atoms with Crippen LogP contribution in [0.5, 0.6) is 0 Å². The summed E-state index contributed by atoms with van der Waals surface area (Å²) in [6.07, 6.45) is -4.30. The van der Waals surface area contributed by atoms with E-state index in [9.17, 15) is 26.7 Å². The summed E-state index contributed by atoms with van der Waals surface area (Å²) in [5.41, 5.74) is -3.11. The van der Waals surface area contributed by atoms with Gasteiger partial charge in [0.15, 0.2) is 0 Å². The molecule has 0 bridgehead atoms. The number of halogens is 6. The number of alkyl halides is 3. The highest BCUT2D eigenvalue weighted by Crippen LogP contribution is 2.33. The van der Waals surface area contributed by atoms with Crippen LogP contribution in [0.15, 0.2) is 30.5 Å². The number of hydrogen-bond acceptors (Lipinski definition) is 2. The van der Waals surface area contributed by atoms with E-state index >= 15 is 0 Å². The monoisotopic (exact) mass is 336 g/mol. The average Bonchev–Trinajstić information content (AvgIpc) is 2.42. The minimum absolute atomic E-state index is 0.453. The predicted octanol–water partition coefficient (Wildman–Crippen LogP) is 4.28. The maximum Gasteiger partial charge on any atom is 0.417 e. The molecule has 116 valence electrons. The Balaban J connectivity index is 2.43. The number of aromatic nitrogens is 1. The predicted molar refractivity (Wildman–Crippen MR) is 68.6 cm³/mol. The molecule has 0 unspecified atom stereocenters. The van der Waals surface area contributed by atoms with Crippen molar-refractivity contribution in [1.82, 2.24) is 4.98 Å². The largest absolute Gasteiger partial charge is 0.417 e. The molecule has 0 fully saturated rings. The molecule has 2 rings (SSSR count). The quantitative estimate of drug-likeness (QED) is 0.657. The van der Waals surface area contributed by atoms with Gasteiger partial charge < -0.3 is 5.32 Å². The number of carbonyl (C=O) groups is 1. The number of anilines is 1. The Morgan fingerprint density at radius 3 is 2.32 bits per heavy atom. The van der Waals surface area contributed by atoms with Gasteiger partial charge in [-0.05, 0) is 18.2 Å². The van der Waals surface area contributed by atoms with Crippen LogP contribution >= 0.6 is 11.6 Å². The minimum atomic E-state index is -4.88. The Bertz CT molecular complexity index is 713. The lowest BCUT2D eigenvalue weighted by molar-refractivity contribution is -0.137. The zero-order valence-electron chi connectivity index (χ0n) is 10.5. The molecule has 0 atom stereocenters. The van der Waals surface area contributed by atoms with E-state index in [-0.39, 0.29) is 0 Å². The van der Waals surface area contributed by atoms with Gasteiger partial charge in [0, 0.05) is 6.20 Å². The molecule has 9 heteroatoms. The van der Waals surface area contributed by atoms with Crippen LogP contribution in [-0.4, -0.2) is 10.9 Å². The van der Waals surface area contributed by atoms with Gasteiger partial charge >= 0.3 is 6.18 Å². The topological polar surface area (TPSA) is 42.0 Å². The van der Waals surface area contributed by atoms with Crippen molar-refractivity contribution in [3.8, 4) is 0 Å². The van der Waals surface area contributed by atoms with Crippen LogP contribution in [0.4, 0.5) is 27.6 Å². The first-order valence-corrected chi connectivity index (χ1v) is 6.06. The van der Waals surface area contributed by atoms with Crippen LogP contribution in [0.25, 0.3) is 0 Å². The third-order valence-corrected chi connectivity index (χ3v) is 2.83. The van der Waals surface area contributed by atoms with Gasteiger partial charge in [-0.3, -0.25) is 4.79 Å². The Morgan fingerprint density at radius 2 is 1.77 bits per heavy atom. The van der Waals surface area contributed by atoms with Crippen molar-refractivity contribution in [2.24, 2.45) is 0 Å². The summed E-state index contributed by atoms with van der Waals surface area (Å²) in [6.45, 7) is 0. The van der Waals surface area contributed by atoms with Crippen molar-refractivity contribution in [1.29, 1.82) is 0 Å². The lowest BCUT2D eigenvalue weighted by atomic mass is 10.1. The van der Waals surface area contributed by atoms with Crippen molar-refractivity contribution in [2.75, 3.05) is 5.32 Å². The molecule has 0 radical (unpaired) electrons. The van der Waals surface area contributed by atoms with E-state index in [1.165, 1.54) is 0 Å². The number of nitrogens with zero attached hydrogens (tertiary/aromatic N) is 1. The molecule has 0 saturated carbocycles. The van der Waals surface area contributed by atoms with Crippen molar-refractivity contribution in [3.05, 3.63) is 58.4 Å². The summed E-state index contributed by atoms with van der Waals surface area (Å²) in [4.78, 5) is 15.2. The molecular formula is C13H6ClF5N2O. The van der Waals surface area contributed by atoms with Crippen LogP contribution in [0.2, 0.25) is 5.15 Å². The molecule has 1 aromatic heterocycles. The van der Waals surface area contributed by atoms with E-state index in [0.717, 1.165) is 18.2 Å². The smallest absolute Gasteiger partial charge is 0.317 e. The number of pyridine rings is 1. The second kappa shape index (κ2) is 5.88. The van der Waals surface area contributed by atoms with Gasteiger partial charge in [-0.25, -0.2) is 13.8 Å². The Morgan fingerprint density at radius 1 is 1.18 bits per heavy atom. The molecule has 1 amide bonds. The Labute approximate surface area is 125 Å². The fourth-order valence-corrected chi connectivity index (χ4v) is 1.80. The molecule has 0 aliphatic rings. The number of carbonyl (C=O) groups excluding carboxylic acids is 1. The zero-order chi connectivity index (χ0) is 16.5. The molecule has 2 aromatic rings. The molecule has 0 aliphatic heterocycles. The molecule has 0 aliphatic carbocycles. The van der Waals surface area contributed by atoms with E-state index in [1.54, 1.807) is 5.32 Å². The van der Waals surface area contributed by atoms with Gasteiger partial charge in [0.25, 0.3) is 5.91 Å². The lowest BCUT2D eigenvalue weighted by Crippen LogP contribution is -2.20. The summed E-state index contributed by atoms with van der Waals surface area (Å²) >= 11 is 5.38. The van der Waals surface area contributed by atoms with E-state index < -0.39 is 45.7 Å². The van der Waals surface area contributed by atoms with Crippen LogP contribution in [0, 0.1) is 11.6 Å². The summed E-state index contributed by atoms with van der Waals surface area (Å²) < 4.78 is 65.4. The summed E-state index contributed by atoms with van der Waals surface area (Å²) in [7, 11) is 0. The molecule has 0 saturated heterocycles. The van der Waals surface area contributed by atoms with Crippen LogP contribution in [0.1, 0.15) is 15.9 Å². The van der Waals surface area contributed by atoms with Gasteiger partial charge in [0.2, 0.25) is 0 Å². The molecule has 0 spiro atoms. The molecule has 1 aromatic carbocycles. The SMILES string of the molecule is O=C(Nc1c(F)cccc1F)c1cnc(Cl)cc1C(F)(F)F. The summed E-state index contributed by atoms with van der Waals surface area (Å²) in [5, 5.41) is 1.28. The van der Waals surface area contributed by atoms with Crippen LogP contribution < -0.4 is 5.32 Å². The lowest BCUT2D eigenvalue weighted by Gasteiger charge is -2.13. The molecule has 1 N–H and O–H groups in total. The number of rotatable bonds is 2. The maximum absolute atomic E-state index is 13.4. The van der Waals surface area contributed by atoms with E-state index in [4.69, 9.17) is 11.6 Å². The molecule has 3 nitrogen and oxygen atoms in total. The van der Waals surface area contributed by atoms with Gasteiger partial charge in [0.1, 0.15) is 22.5 Å². The van der Waals surface area contributed by atoms with Gasteiger partial charge in [0.05, 0.1) is 11.1 Å². The highest BCUT2D eigenvalue weighted by molar-refractivity contribution is 6.29. The molecular weight excluding hydrogens is 331 g/mol. The van der Waals surface area contributed by atoms with Gasteiger partial charge in [-0.2, -0.15) is 13.2 Å². The summed E-state index contributed by atoms with van der Waals surface area (Å²) in [6, 6.07) is 3.20. The van der Waals surface area contributed by atoms with E-state index in [1.807, 2.05) is 0 Å². The first-order chi connectivity index (χ1) is 10.2. The van der Waals surface area contributed by atoms with Crippen molar-refractivity contribution in [3.63, 3.8) is 0 Å². The van der Waals surface area contributed by atoms with E-state index in [2.05, 4.69) is 4.98 Å². The standard InChI is InChI=1S/C13H6ClF5N2O/c14-10-4-7(13(17,18)19)6(5-20-10)12(22)21-11-8(15)2-1-3-9(11)16/h1-5H,(H,21,22). The minimum Gasteiger partial charge on any atom is -0.317 e. The van der Waals surface area contributed by atoms with Gasteiger partial charge in [-0.1, -0.05) is 17.7 Å². The third kappa shape index (κ3) is 3.33. The Hall–Kier alpha value is -2.22. The van der Waals surface area contributed by atoms with E-state index in [0.29, 0.717) is 12.3 Å². The molecule has 1 heterocycles. The Kier molecular flexibility index (Phi) is 4.32. The number of benzene rings is 1. The zero-order valence-corrected chi connectivity index (χ0v) is 11.3. The van der Waals surface area contributed by atoms with Crippen molar-refractivity contribution >= 4 is 23.2 Å². The van der Waals surface area contributed by atoms with Gasteiger partial charge in [-0.15, -0.1) is 0 Å². The van der Waals surface area contributed by atoms with Crippen LogP contribution in [0.3, 0.4) is 0 Å². The maximum atomic E-state index is 13.4. The molecule has 22 heavy (non-hydrogen) atoms. The summed E-state index contributed by atoms with van der Waals surface area (Å²) in [5.74, 6) is -3.60. The van der Waals surface area contributed by atoms with Crippen molar-refractivity contribution < 1.29 is 26.7 Å². The fraction of sp³-hybridized carbons (Fsp3) is 0.0769. The number of nitrogens with one attached hydrogen (secondary N) is 1. The third-order valence-electron chi connectivity index (χ3n) is 2.62. The van der Waals surface area contributed by atoms with Crippen LogP contribution in [-0.2, 0) is 6.18 Å². The highest BCUT2D eigenvalue weighted by Gasteiger charge is 2.36. The van der Waals surface area contributed by atoms with Crippen molar-refractivity contribution in [2.45, 2.75) is 6.18 Å². The average molecular weight is 337 g/mol.